The summed E-state index contributed by atoms with van der Waals surface area (Å²) in [7, 11) is 0. The molecule has 1 aromatic heterocycles. The monoisotopic (exact) mass is 530 g/mol. The number of hydrogen-bond donors (Lipinski definition) is 1. The molecule has 3 aromatic carbocycles. The molecule has 0 radical (unpaired) electrons. The maximum absolute atomic E-state index is 13.9. The predicted molar refractivity (Wildman–Crippen MR) is 147 cm³/mol. The minimum atomic E-state index is -0.385. The molecule has 8 bridgehead atoms. The predicted octanol–water partition coefficient (Wildman–Crippen LogP) is 5.05. The summed E-state index contributed by atoms with van der Waals surface area (Å²) < 4.78 is 12.1. The van der Waals surface area contributed by atoms with Crippen molar-refractivity contribution in [2.75, 3.05) is 19.7 Å². The normalized spacial score (nSPS) is 16.4. The Balaban J connectivity index is 1.44. The van der Waals surface area contributed by atoms with E-state index >= 15 is 0 Å². The van der Waals surface area contributed by atoms with E-state index in [9.17, 15) is 14.9 Å². The third-order valence-electron chi connectivity index (χ3n) is 7.14. The van der Waals surface area contributed by atoms with Crippen LogP contribution in [0.2, 0.25) is 0 Å². The summed E-state index contributed by atoms with van der Waals surface area (Å²) in [5.41, 5.74) is 4.08. The van der Waals surface area contributed by atoms with Gasteiger partial charge in [-0.3, -0.25) is 14.6 Å². The number of carbonyl (C=O) groups is 2. The highest BCUT2D eigenvalue weighted by atomic mass is 16.5. The van der Waals surface area contributed by atoms with Crippen molar-refractivity contribution in [2.24, 2.45) is 0 Å². The Morgan fingerprint density at radius 3 is 2.80 bits per heavy atom. The molecule has 1 N–H and O–H groups in total. The first-order chi connectivity index (χ1) is 19.6. The number of ether oxygens (including phenoxy) is 2. The van der Waals surface area contributed by atoms with Gasteiger partial charge in [0.05, 0.1) is 41.6 Å². The molecule has 8 nitrogen and oxygen atoms in total. The van der Waals surface area contributed by atoms with Gasteiger partial charge < -0.3 is 19.7 Å². The Kier molecular flexibility index (Phi) is 6.86. The number of nitriles is 1. The number of amides is 2. The van der Waals surface area contributed by atoms with Crippen molar-refractivity contribution in [1.29, 1.82) is 5.26 Å². The van der Waals surface area contributed by atoms with Crippen LogP contribution < -0.4 is 14.8 Å². The molecule has 4 heterocycles. The highest BCUT2D eigenvalue weighted by Gasteiger charge is 2.34. The Hall–Kier alpha value is -5.16. The molecule has 3 aliphatic heterocycles. The molecule has 3 aliphatic rings. The Morgan fingerprint density at radius 1 is 1.00 bits per heavy atom. The fourth-order valence-corrected chi connectivity index (χ4v) is 5.24. The van der Waals surface area contributed by atoms with Crippen molar-refractivity contribution in [3.8, 4) is 23.3 Å². The molecule has 4 aromatic rings. The van der Waals surface area contributed by atoms with E-state index in [1.165, 1.54) is 6.20 Å². The number of nitrogens with zero attached hydrogens (tertiary/aromatic N) is 3. The van der Waals surface area contributed by atoms with Gasteiger partial charge in [-0.2, -0.15) is 5.26 Å². The van der Waals surface area contributed by atoms with E-state index in [2.05, 4.69) is 16.4 Å². The molecule has 8 heteroatoms. The molecule has 7 rings (SSSR count). The number of pyridine rings is 1. The van der Waals surface area contributed by atoms with E-state index in [0.717, 1.165) is 16.7 Å². The van der Waals surface area contributed by atoms with Gasteiger partial charge in [0, 0.05) is 19.3 Å². The molecule has 0 aliphatic carbocycles. The maximum atomic E-state index is 13.9. The number of aromatic nitrogens is 1. The van der Waals surface area contributed by atoms with Crippen molar-refractivity contribution in [1.82, 2.24) is 15.2 Å². The number of fused-ring (bicyclic) bond motifs is 6. The Bertz CT molecular complexity index is 1640. The minimum absolute atomic E-state index is 0.194. The summed E-state index contributed by atoms with van der Waals surface area (Å²) in [6.07, 6.45) is 4.31. The van der Waals surface area contributed by atoms with Crippen LogP contribution in [0.3, 0.4) is 0 Å². The quantitative estimate of drug-likeness (QED) is 0.370. The molecule has 0 saturated heterocycles. The van der Waals surface area contributed by atoms with Gasteiger partial charge in [0.15, 0.2) is 0 Å². The number of rotatable bonds is 1. The number of nitrogens with one attached hydrogen (secondary N) is 1. The van der Waals surface area contributed by atoms with Crippen LogP contribution >= 0.6 is 0 Å². The summed E-state index contributed by atoms with van der Waals surface area (Å²) in [4.78, 5) is 32.5. The average molecular weight is 531 g/mol. The summed E-state index contributed by atoms with van der Waals surface area (Å²) >= 11 is 0. The number of hydrogen-bond acceptors (Lipinski definition) is 6. The third kappa shape index (κ3) is 4.97. The van der Waals surface area contributed by atoms with E-state index in [4.69, 9.17) is 9.47 Å². The SMILES string of the molecule is N#Cc1ccccc1C(=O)N1CCc2cc3ccc2C1c1cccc(c1)OCCCNC(=O)c1cncc(c1)O3. The van der Waals surface area contributed by atoms with Gasteiger partial charge in [-0.25, -0.2) is 0 Å². The molecule has 40 heavy (non-hydrogen) atoms. The van der Waals surface area contributed by atoms with Gasteiger partial charge in [-0.05, 0) is 72.0 Å². The first-order valence-electron chi connectivity index (χ1n) is 13.2. The zero-order valence-corrected chi connectivity index (χ0v) is 21.7. The molecule has 1 unspecified atom stereocenters. The first-order valence-corrected chi connectivity index (χ1v) is 13.2. The van der Waals surface area contributed by atoms with Crippen LogP contribution in [0.1, 0.15) is 55.4 Å². The molecular formula is C32H26N4O4. The summed E-state index contributed by atoms with van der Waals surface area (Å²) in [5.74, 6) is 1.34. The van der Waals surface area contributed by atoms with Crippen molar-refractivity contribution in [2.45, 2.75) is 18.9 Å². The third-order valence-corrected chi connectivity index (χ3v) is 7.14. The maximum Gasteiger partial charge on any atom is 0.255 e. The topological polar surface area (TPSA) is 105 Å². The lowest BCUT2D eigenvalue weighted by Gasteiger charge is -2.38. The van der Waals surface area contributed by atoms with Crippen molar-refractivity contribution in [3.05, 3.63) is 119 Å². The smallest absolute Gasteiger partial charge is 0.255 e. The largest absolute Gasteiger partial charge is 0.494 e. The fourth-order valence-electron chi connectivity index (χ4n) is 5.24. The lowest BCUT2D eigenvalue weighted by atomic mass is 9.87. The van der Waals surface area contributed by atoms with Gasteiger partial charge >= 0.3 is 0 Å². The van der Waals surface area contributed by atoms with E-state index in [0.29, 0.717) is 66.5 Å². The van der Waals surface area contributed by atoms with Crippen molar-refractivity contribution >= 4 is 11.8 Å². The number of benzene rings is 3. The van der Waals surface area contributed by atoms with Crippen LogP contribution in [-0.2, 0) is 6.42 Å². The summed E-state index contributed by atoms with van der Waals surface area (Å²) in [6.45, 7) is 1.31. The van der Waals surface area contributed by atoms with Gasteiger partial charge in [0.1, 0.15) is 17.2 Å². The molecule has 0 saturated carbocycles. The number of carbonyl (C=O) groups excluding carboxylic acids is 2. The van der Waals surface area contributed by atoms with Gasteiger partial charge in [0.25, 0.3) is 11.8 Å². The van der Waals surface area contributed by atoms with Crippen LogP contribution in [0.15, 0.2) is 85.2 Å². The van der Waals surface area contributed by atoms with Crippen LogP contribution in [-0.4, -0.2) is 41.4 Å². The summed E-state index contributed by atoms with van der Waals surface area (Å²) in [5, 5.41) is 12.5. The van der Waals surface area contributed by atoms with Gasteiger partial charge in [0.2, 0.25) is 0 Å². The standard InChI is InChI=1S/C32H26N4O4/c33-18-23-5-1-2-8-29(23)32(38)36-13-11-21-15-26-9-10-28(21)30(36)22-6-3-7-25(16-22)39-14-4-12-35-31(37)24-17-27(40-26)20-34-19-24/h1-3,5-10,15-17,19-20,30H,4,11-14H2,(H,35,37). The lowest BCUT2D eigenvalue weighted by molar-refractivity contribution is 0.0693. The van der Waals surface area contributed by atoms with Crippen molar-refractivity contribution in [3.63, 3.8) is 0 Å². The van der Waals surface area contributed by atoms with Crippen molar-refractivity contribution < 1.29 is 19.1 Å². The van der Waals surface area contributed by atoms with Crippen LogP contribution in [0.4, 0.5) is 0 Å². The fraction of sp³-hybridized carbons (Fsp3) is 0.188. The van der Waals surface area contributed by atoms with E-state index in [1.54, 1.807) is 36.5 Å². The second-order valence-corrected chi connectivity index (χ2v) is 9.71. The van der Waals surface area contributed by atoms with E-state index in [1.807, 2.05) is 47.4 Å². The molecule has 0 spiro atoms. The molecular weight excluding hydrogens is 504 g/mol. The minimum Gasteiger partial charge on any atom is -0.494 e. The van der Waals surface area contributed by atoms with Crippen LogP contribution in [0, 0.1) is 11.3 Å². The Labute approximate surface area is 231 Å². The summed E-state index contributed by atoms with van der Waals surface area (Å²) in [6, 6.07) is 23.9. The van der Waals surface area contributed by atoms with Crippen LogP contribution in [0.5, 0.6) is 17.2 Å². The van der Waals surface area contributed by atoms with Crippen LogP contribution in [0.25, 0.3) is 0 Å². The zero-order valence-electron chi connectivity index (χ0n) is 21.7. The van der Waals surface area contributed by atoms with Gasteiger partial charge in [-0.1, -0.05) is 30.3 Å². The second kappa shape index (κ2) is 10.9. The van der Waals surface area contributed by atoms with E-state index < -0.39 is 0 Å². The molecule has 1 atom stereocenters. The highest BCUT2D eigenvalue weighted by molar-refractivity contribution is 5.97. The Morgan fingerprint density at radius 2 is 1.90 bits per heavy atom. The first kappa shape index (κ1) is 25.1. The zero-order chi connectivity index (χ0) is 27.5. The highest BCUT2D eigenvalue weighted by Crippen LogP contribution is 2.39. The van der Waals surface area contributed by atoms with Gasteiger partial charge in [-0.15, -0.1) is 0 Å². The molecule has 0 fully saturated rings. The van der Waals surface area contributed by atoms with E-state index in [-0.39, 0.29) is 17.9 Å². The average Bonchev–Trinajstić information content (AvgIpc) is 2.99. The second-order valence-electron chi connectivity index (χ2n) is 9.71. The lowest BCUT2D eigenvalue weighted by Crippen LogP contribution is -2.41. The molecule has 2 amide bonds. The molecule has 198 valence electrons.